The number of ether oxygens (including phenoxy) is 1. The molecule has 1 atom stereocenters. The summed E-state index contributed by atoms with van der Waals surface area (Å²) in [5.41, 5.74) is 4.16. The van der Waals surface area contributed by atoms with E-state index in [0.717, 1.165) is 42.2 Å². The van der Waals surface area contributed by atoms with Gasteiger partial charge in [0.1, 0.15) is 17.7 Å². The Kier molecular flexibility index (Phi) is 4.24. The van der Waals surface area contributed by atoms with Crippen LogP contribution in [0.5, 0.6) is 5.75 Å². The second-order valence-corrected chi connectivity index (χ2v) is 6.48. The number of aromatic nitrogens is 2. The van der Waals surface area contributed by atoms with Crippen LogP contribution in [-0.2, 0) is 13.1 Å². The molecule has 2 aromatic carbocycles. The molecule has 0 bridgehead atoms. The van der Waals surface area contributed by atoms with E-state index in [2.05, 4.69) is 28.1 Å². The molecule has 4 rings (SSSR count). The molecule has 5 heteroatoms. The zero-order valence-electron chi connectivity index (χ0n) is 14.1. The molecule has 1 aliphatic heterocycles. The molecule has 0 saturated carbocycles. The van der Waals surface area contributed by atoms with Gasteiger partial charge in [0.15, 0.2) is 0 Å². The summed E-state index contributed by atoms with van der Waals surface area (Å²) < 4.78 is 19.2. The Hall–Kier alpha value is -2.66. The van der Waals surface area contributed by atoms with Crippen molar-refractivity contribution in [1.82, 2.24) is 15.1 Å². The molecule has 4 nitrogen and oxygen atoms in total. The van der Waals surface area contributed by atoms with Gasteiger partial charge in [-0.05, 0) is 37.3 Å². The SMILES string of the molecule is C[C@H]1CN(Cc2cn[nH]c2-c2ccc(F)cc2)Cc2ccccc2O1. The number of halogens is 1. The maximum absolute atomic E-state index is 13.2. The van der Waals surface area contributed by atoms with E-state index in [-0.39, 0.29) is 11.9 Å². The Morgan fingerprint density at radius 3 is 2.84 bits per heavy atom. The molecule has 0 saturated heterocycles. The Morgan fingerprint density at radius 1 is 1.20 bits per heavy atom. The molecule has 0 spiro atoms. The molecule has 0 fully saturated rings. The predicted molar refractivity (Wildman–Crippen MR) is 94.6 cm³/mol. The van der Waals surface area contributed by atoms with Crippen molar-refractivity contribution in [2.24, 2.45) is 0 Å². The first kappa shape index (κ1) is 15.8. The Morgan fingerprint density at radius 2 is 2.00 bits per heavy atom. The molecule has 0 amide bonds. The van der Waals surface area contributed by atoms with Crippen molar-refractivity contribution in [2.45, 2.75) is 26.1 Å². The first-order valence-corrected chi connectivity index (χ1v) is 8.44. The van der Waals surface area contributed by atoms with Crippen LogP contribution in [0.3, 0.4) is 0 Å². The summed E-state index contributed by atoms with van der Waals surface area (Å²) in [5.74, 6) is 0.725. The maximum Gasteiger partial charge on any atom is 0.124 e. The van der Waals surface area contributed by atoms with Crippen LogP contribution in [-0.4, -0.2) is 27.7 Å². The molecule has 0 aliphatic carbocycles. The third-order valence-corrected chi connectivity index (χ3v) is 4.45. The van der Waals surface area contributed by atoms with Crippen LogP contribution in [0, 0.1) is 5.82 Å². The van der Waals surface area contributed by atoms with Crippen LogP contribution in [0.4, 0.5) is 4.39 Å². The summed E-state index contributed by atoms with van der Waals surface area (Å²) in [6.07, 6.45) is 1.96. The smallest absolute Gasteiger partial charge is 0.124 e. The zero-order chi connectivity index (χ0) is 17.2. The van der Waals surface area contributed by atoms with Crippen molar-refractivity contribution in [3.8, 4) is 17.0 Å². The van der Waals surface area contributed by atoms with Crippen LogP contribution in [0.15, 0.2) is 54.7 Å². The largest absolute Gasteiger partial charge is 0.489 e. The van der Waals surface area contributed by atoms with E-state index >= 15 is 0 Å². The predicted octanol–water partition coefficient (Wildman–Crippen LogP) is 4.00. The summed E-state index contributed by atoms with van der Waals surface area (Å²) in [6.45, 7) is 4.51. The average Bonchev–Trinajstić information content (AvgIpc) is 2.98. The van der Waals surface area contributed by atoms with Gasteiger partial charge >= 0.3 is 0 Å². The molecular formula is C20H20FN3O. The number of H-pyrrole nitrogens is 1. The zero-order valence-corrected chi connectivity index (χ0v) is 14.1. The fraction of sp³-hybridized carbons (Fsp3) is 0.250. The highest BCUT2D eigenvalue weighted by Crippen LogP contribution is 2.27. The molecule has 2 heterocycles. The van der Waals surface area contributed by atoms with Crippen molar-refractivity contribution in [2.75, 3.05) is 6.54 Å². The van der Waals surface area contributed by atoms with E-state index in [1.165, 1.54) is 17.7 Å². The minimum absolute atomic E-state index is 0.116. The number of hydrogen-bond donors (Lipinski definition) is 1. The van der Waals surface area contributed by atoms with E-state index in [1.807, 2.05) is 24.4 Å². The minimum atomic E-state index is -0.236. The van der Waals surface area contributed by atoms with E-state index in [0.29, 0.717) is 0 Å². The molecule has 3 aromatic rings. The highest BCUT2D eigenvalue weighted by Gasteiger charge is 2.21. The summed E-state index contributed by atoms with van der Waals surface area (Å²) >= 11 is 0. The van der Waals surface area contributed by atoms with Gasteiger partial charge in [-0.15, -0.1) is 0 Å². The third-order valence-electron chi connectivity index (χ3n) is 4.45. The molecular weight excluding hydrogens is 317 g/mol. The van der Waals surface area contributed by atoms with Gasteiger partial charge in [-0.25, -0.2) is 4.39 Å². The lowest BCUT2D eigenvalue weighted by Crippen LogP contribution is -2.30. The Labute approximate surface area is 146 Å². The number of para-hydroxylation sites is 1. The van der Waals surface area contributed by atoms with Crippen molar-refractivity contribution >= 4 is 0 Å². The third kappa shape index (κ3) is 3.42. The molecule has 1 aliphatic rings. The van der Waals surface area contributed by atoms with Gasteiger partial charge in [0.05, 0.1) is 11.9 Å². The van der Waals surface area contributed by atoms with E-state index in [9.17, 15) is 4.39 Å². The van der Waals surface area contributed by atoms with Crippen LogP contribution >= 0.6 is 0 Å². The maximum atomic E-state index is 13.2. The summed E-state index contributed by atoms with van der Waals surface area (Å²) in [4.78, 5) is 2.36. The van der Waals surface area contributed by atoms with Gasteiger partial charge in [0.2, 0.25) is 0 Å². The normalized spacial score (nSPS) is 17.6. The van der Waals surface area contributed by atoms with Crippen molar-refractivity contribution in [1.29, 1.82) is 0 Å². The fourth-order valence-corrected chi connectivity index (χ4v) is 3.33. The van der Waals surface area contributed by atoms with Crippen LogP contribution in [0.2, 0.25) is 0 Å². The van der Waals surface area contributed by atoms with Gasteiger partial charge < -0.3 is 4.74 Å². The number of rotatable bonds is 3. The van der Waals surface area contributed by atoms with Crippen molar-refractivity contribution < 1.29 is 9.13 Å². The highest BCUT2D eigenvalue weighted by atomic mass is 19.1. The van der Waals surface area contributed by atoms with Crippen molar-refractivity contribution in [3.63, 3.8) is 0 Å². The molecule has 1 N–H and O–H groups in total. The molecule has 128 valence electrons. The Bertz CT molecular complexity index is 859. The molecule has 1 aromatic heterocycles. The summed E-state index contributed by atoms with van der Waals surface area (Å²) in [6, 6.07) is 14.7. The van der Waals surface area contributed by atoms with Crippen LogP contribution in [0.1, 0.15) is 18.1 Å². The first-order chi connectivity index (χ1) is 12.2. The topological polar surface area (TPSA) is 41.2 Å². The fourth-order valence-electron chi connectivity index (χ4n) is 3.33. The van der Waals surface area contributed by atoms with Gasteiger partial charge in [-0.2, -0.15) is 5.10 Å². The number of nitrogens with one attached hydrogen (secondary N) is 1. The van der Waals surface area contributed by atoms with Crippen LogP contribution in [0.25, 0.3) is 11.3 Å². The molecule has 0 radical (unpaired) electrons. The lowest BCUT2D eigenvalue weighted by molar-refractivity contribution is 0.156. The van der Waals surface area contributed by atoms with E-state index in [1.54, 1.807) is 12.1 Å². The van der Waals surface area contributed by atoms with Crippen molar-refractivity contribution in [3.05, 3.63) is 71.7 Å². The monoisotopic (exact) mass is 337 g/mol. The van der Waals surface area contributed by atoms with Gasteiger partial charge in [0, 0.05) is 36.3 Å². The summed E-state index contributed by atoms with van der Waals surface area (Å²) in [5, 5.41) is 7.24. The number of benzene rings is 2. The second-order valence-electron chi connectivity index (χ2n) is 6.48. The second kappa shape index (κ2) is 6.69. The average molecular weight is 337 g/mol. The first-order valence-electron chi connectivity index (χ1n) is 8.44. The number of aromatic amines is 1. The van der Waals surface area contributed by atoms with Gasteiger partial charge in [0.25, 0.3) is 0 Å². The van der Waals surface area contributed by atoms with Gasteiger partial charge in [-0.3, -0.25) is 10.00 Å². The summed E-state index contributed by atoms with van der Waals surface area (Å²) in [7, 11) is 0. The molecule has 25 heavy (non-hydrogen) atoms. The number of fused-ring (bicyclic) bond motifs is 1. The van der Waals surface area contributed by atoms with Crippen LogP contribution < -0.4 is 4.74 Å². The quantitative estimate of drug-likeness (QED) is 0.785. The molecule has 0 unspecified atom stereocenters. The standard InChI is InChI=1S/C20H20FN3O/c1-14-11-24(12-16-4-2-3-5-19(16)25-14)13-17-10-22-23-20(17)15-6-8-18(21)9-7-15/h2-10,14H,11-13H2,1H3,(H,22,23)/t14-/m0/s1. The minimum Gasteiger partial charge on any atom is -0.489 e. The Balaban J connectivity index is 1.59. The highest BCUT2D eigenvalue weighted by molar-refractivity contribution is 5.62. The van der Waals surface area contributed by atoms with Gasteiger partial charge in [-0.1, -0.05) is 18.2 Å². The lowest BCUT2D eigenvalue weighted by atomic mass is 10.1. The lowest BCUT2D eigenvalue weighted by Gasteiger charge is -2.21. The number of nitrogens with zero attached hydrogens (tertiary/aromatic N) is 2. The van der Waals surface area contributed by atoms with E-state index < -0.39 is 0 Å². The van der Waals surface area contributed by atoms with E-state index in [4.69, 9.17) is 4.74 Å². The number of hydrogen-bond acceptors (Lipinski definition) is 3.